The fourth-order valence-electron chi connectivity index (χ4n) is 2.92. The predicted molar refractivity (Wildman–Crippen MR) is 107 cm³/mol. The molecule has 1 aliphatic rings. The molecule has 1 saturated carbocycles. The normalized spacial score (nSPS) is 14.0. The highest BCUT2D eigenvalue weighted by atomic mass is 32.2. The highest BCUT2D eigenvalue weighted by molar-refractivity contribution is 7.90. The van der Waals surface area contributed by atoms with Crippen molar-refractivity contribution >= 4 is 9.84 Å². The Morgan fingerprint density at radius 2 is 1.76 bits per heavy atom. The summed E-state index contributed by atoms with van der Waals surface area (Å²) in [5, 5.41) is 4.21. The number of hydrogen-bond donors (Lipinski definition) is 0. The van der Waals surface area contributed by atoms with E-state index in [1.165, 1.54) is 42.6 Å². The minimum Gasteiger partial charge on any atom is -0.487 e. The molecule has 8 heteroatoms. The van der Waals surface area contributed by atoms with Crippen LogP contribution in [-0.2, 0) is 9.84 Å². The molecule has 2 aromatic carbocycles. The molecular formula is C21H19FN2O4S. The number of ether oxygens (including phenoxy) is 1. The number of rotatable bonds is 6. The summed E-state index contributed by atoms with van der Waals surface area (Å²) in [5.74, 6) is 0.167. The Hall–Kier alpha value is -3.00. The summed E-state index contributed by atoms with van der Waals surface area (Å²) >= 11 is 0. The van der Waals surface area contributed by atoms with E-state index >= 15 is 0 Å². The third kappa shape index (κ3) is 4.22. The van der Waals surface area contributed by atoms with Crippen molar-refractivity contribution in [3.8, 4) is 22.6 Å². The second-order valence-corrected chi connectivity index (χ2v) is 9.15. The molecule has 0 saturated heterocycles. The average molecular weight is 414 g/mol. The maximum absolute atomic E-state index is 13.2. The van der Waals surface area contributed by atoms with E-state index in [1.807, 2.05) is 0 Å². The molecule has 0 aliphatic heterocycles. The van der Waals surface area contributed by atoms with E-state index in [4.69, 9.17) is 4.74 Å². The minimum absolute atomic E-state index is 0.142. The maximum Gasteiger partial charge on any atom is 0.314 e. The van der Waals surface area contributed by atoms with Gasteiger partial charge < -0.3 is 4.74 Å². The fraction of sp³-hybridized carbons (Fsp3) is 0.238. The van der Waals surface area contributed by atoms with Gasteiger partial charge in [0.2, 0.25) is 0 Å². The number of aromatic nitrogens is 2. The van der Waals surface area contributed by atoms with Crippen LogP contribution < -0.4 is 10.3 Å². The highest BCUT2D eigenvalue weighted by Crippen LogP contribution is 2.32. The number of sulfone groups is 1. The smallest absolute Gasteiger partial charge is 0.314 e. The Balaban J connectivity index is 1.79. The first-order valence-corrected chi connectivity index (χ1v) is 11.0. The Labute approximate surface area is 167 Å². The van der Waals surface area contributed by atoms with Gasteiger partial charge in [0, 0.05) is 11.8 Å². The second-order valence-electron chi connectivity index (χ2n) is 7.13. The summed E-state index contributed by atoms with van der Waals surface area (Å²) in [5.41, 5.74) is 1.07. The molecule has 0 spiro atoms. The molecule has 1 heterocycles. The van der Waals surface area contributed by atoms with Gasteiger partial charge in [-0.25, -0.2) is 12.8 Å². The molecule has 3 aromatic rings. The zero-order valence-electron chi connectivity index (χ0n) is 15.7. The standard InChI is InChI=1S/C21H19FN2O4S/c1-29(26,27)18-10-4-15(5-11-18)19-12-23-24(17-8-6-16(22)7-9-17)21(25)20(19)28-13-14-2-3-14/h4-12,14H,2-3,13H2,1H3. The van der Waals surface area contributed by atoms with Gasteiger partial charge in [0.05, 0.1) is 23.4 Å². The van der Waals surface area contributed by atoms with Gasteiger partial charge in [-0.05, 0) is 60.7 Å². The molecular weight excluding hydrogens is 395 g/mol. The Morgan fingerprint density at radius 3 is 2.34 bits per heavy atom. The maximum atomic E-state index is 13.2. The van der Waals surface area contributed by atoms with Crippen LogP contribution in [0.5, 0.6) is 5.75 Å². The van der Waals surface area contributed by atoms with Crippen molar-refractivity contribution in [2.45, 2.75) is 17.7 Å². The number of halogens is 1. The minimum atomic E-state index is -3.32. The fourth-order valence-corrected chi connectivity index (χ4v) is 3.55. The first kappa shape index (κ1) is 19.3. The van der Waals surface area contributed by atoms with Crippen LogP contribution in [0.15, 0.2) is 64.4 Å². The molecule has 0 radical (unpaired) electrons. The molecule has 0 amide bonds. The summed E-state index contributed by atoms with van der Waals surface area (Å²) in [4.78, 5) is 13.3. The van der Waals surface area contributed by atoms with E-state index in [0.717, 1.165) is 23.8 Å². The zero-order valence-corrected chi connectivity index (χ0v) is 16.5. The van der Waals surface area contributed by atoms with Gasteiger partial charge in [-0.1, -0.05) is 12.1 Å². The molecule has 0 unspecified atom stereocenters. The summed E-state index contributed by atoms with van der Waals surface area (Å²) in [6.07, 6.45) is 4.77. The van der Waals surface area contributed by atoms with Crippen LogP contribution in [0.4, 0.5) is 4.39 Å². The number of nitrogens with zero attached hydrogens (tertiary/aromatic N) is 2. The van der Waals surface area contributed by atoms with Crippen LogP contribution in [0.1, 0.15) is 12.8 Å². The molecule has 0 bridgehead atoms. The largest absolute Gasteiger partial charge is 0.487 e. The van der Waals surface area contributed by atoms with E-state index < -0.39 is 21.2 Å². The highest BCUT2D eigenvalue weighted by Gasteiger charge is 2.24. The lowest BCUT2D eigenvalue weighted by atomic mass is 10.1. The van der Waals surface area contributed by atoms with Gasteiger partial charge in [0.1, 0.15) is 5.82 Å². The quantitative estimate of drug-likeness (QED) is 0.619. The van der Waals surface area contributed by atoms with Crippen LogP contribution in [0.25, 0.3) is 16.8 Å². The summed E-state index contributed by atoms with van der Waals surface area (Å²) < 4.78 is 43.6. The average Bonchev–Trinajstić information content (AvgIpc) is 3.52. The van der Waals surface area contributed by atoms with Gasteiger partial charge in [0.15, 0.2) is 15.6 Å². The Morgan fingerprint density at radius 1 is 1.10 bits per heavy atom. The lowest BCUT2D eigenvalue weighted by Gasteiger charge is -2.13. The van der Waals surface area contributed by atoms with Gasteiger partial charge in [-0.15, -0.1) is 0 Å². The zero-order chi connectivity index (χ0) is 20.6. The molecule has 1 aliphatic carbocycles. The molecule has 1 aromatic heterocycles. The lowest BCUT2D eigenvalue weighted by Crippen LogP contribution is -2.24. The van der Waals surface area contributed by atoms with Crippen molar-refractivity contribution in [1.29, 1.82) is 0 Å². The van der Waals surface area contributed by atoms with Crippen LogP contribution in [0.2, 0.25) is 0 Å². The first-order chi connectivity index (χ1) is 13.8. The lowest BCUT2D eigenvalue weighted by molar-refractivity contribution is 0.294. The SMILES string of the molecule is CS(=O)(=O)c1ccc(-c2cnn(-c3ccc(F)cc3)c(=O)c2OCC2CC2)cc1. The Kier molecular flexibility index (Phi) is 4.96. The van der Waals surface area contributed by atoms with E-state index in [-0.39, 0.29) is 10.6 Å². The van der Waals surface area contributed by atoms with Crippen LogP contribution >= 0.6 is 0 Å². The number of hydrogen-bond acceptors (Lipinski definition) is 5. The van der Waals surface area contributed by atoms with E-state index in [2.05, 4.69) is 5.10 Å². The van der Waals surface area contributed by atoms with Crippen LogP contribution in [-0.4, -0.2) is 31.1 Å². The summed E-state index contributed by atoms with van der Waals surface area (Å²) in [7, 11) is -3.32. The van der Waals surface area contributed by atoms with Crippen molar-refractivity contribution in [3.63, 3.8) is 0 Å². The van der Waals surface area contributed by atoms with Gasteiger partial charge in [-0.3, -0.25) is 4.79 Å². The van der Waals surface area contributed by atoms with Crippen molar-refractivity contribution in [3.05, 3.63) is 70.9 Å². The molecule has 6 nitrogen and oxygen atoms in total. The molecule has 29 heavy (non-hydrogen) atoms. The first-order valence-electron chi connectivity index (χ1n) is 9.14. The van der Waals surface area contributed by atoms with Crippen molar-refractivity contribution in [2.75, 3.05) is 12.9 Å². The van der Waals surface area contributed by atoms with E-state index in [1.54, 1.807) is 12.1 Å². The molecule has 0 N–H and O–H groups in total. The summed E-state index contributed by atoms with van der Waals surface area (Å²) in [6.45, 7) is 0.428. The third-order valence-corrected chi connectivity index (χ3v) is 5.89. The topological polar surface area (TPSA) is 78.3 Å². The third-order valence-electron chi connectivity index (χ3n) is 4.76. The summed E-state index contributed by atoms with van der Waals surface area (Å²) in [6, 6.07) is 11.7. The molecule has 4 rings (SSSR count). The predicted octanol–water partition coefficient (Wildman–Crippen LogP) is 3.23. The number of benzene rings is 2. The monoisotopic (exact) mass is 414 g/mol. The second kappa shape index (κ2) is 7.44. The van der Waals surface area contributed by atoms with Crippen LogP contribution in [0, 0.1) is 11.7 Å². The van der Waals surface area contributed by atoms with Gasteiger partial charge in [0.25, 0.3) is 0 Å². The molecule has 150 valence electrons. The van der Waals surface area contributed by atoms with Crippen LogP contribution in [0.3, 0.4) is 0 Å². The van der Waals surface area contributed by atoms with Crippen molar-refractivity contribution < 1.29 is 17.5 Å². The van der Waals surface area contributed by atoms with E-state index in [0.29, 0.717) is 29.3 Å². The molecule has 0 atom stereocenters. The Bertz CT molecular complexity index is 1200. The molecule has 1 fully saturated rings. The van der Waals surface area contributed by atoms with Crippen molar-refractivity contribution in [1.82, 2.24) is 9.78 Å². The van der Waals surface area contributed by atoms with Gasteiger partial charge in [-0.2, -0.15) is 9.78 Å². The van der Waals surface area contributed by atoms with Gasteiger partial charge >= 0.3 is 5.56 Å². The van der Waals surface area contributed by atoms with Crippen molar-refractivity contribution in [2.24, 2.45) is 5.92 Å². The van der Waals surface area contributed by atoms with E-state index in [9.17, 15) is 17.6 Å².